The van der Waals surface area contributed by atoms with E-state index in [2.05, 4.69) is 28.4 Å². The number of nitrogens with one attached hydrogen (secondary N) is 1. The van der Waals surface area contributed by atoms with Crippen molar-refractivity contribution in [1.29, 1.82) is 0 Å². The summed E-state index contributed by atoms with van der Waals surface area (Å²) in [6, 6.07) is 14.6. The lowest BCUT2D eigenvalue weighted by molar-refractivity contribution is -0.116. The Morgan fingerprint density at radius 1 is 1.10 bits per heavy atom. The van der Waals surface area contributed by atoms with E-state index in [1.165, 1.54) is 49.8 Å². The van der Waals surface area contributed by atoms with Crippen molar-refractivity contribution in [2.24, 2.45) is 5.92 Å². The molecular formula is C26H31ClN2O2. The minimum atomic E-state index is 0.0955. The minimum absolute atomic E-state index is 0.0955. The number of amides is 1. The van der Waals surface area contributed by atoms with Gasteiger partial charge < -0.3 is 15.0 Å². The SMILES string of the molecule is O=C1CCc2ccc(OCC3CCCN(CC4(c5ccc(Cl)cc5)CCC4)C3)cc2N1. The van der Waals surface area contributed by atoms with Gasteiger partial charge in [-0.2, -0.15) is 0 Å². The van der Waals surface area contributed by atoms with Gasteiger partial charge in [-0.1, -0.05) is 36.2 Å². The van der Waals surface area contributed by atoms with E-state index in [1.807, 2.05) is 24.3 Å². The summed E-state index contributed by atoms with van der Waals surface area (Å²) in [4.78, 5) is 14.3. The number of carbonyl (C=O) groups excluding carboxylic acids is 1. The molecule has 2 aromatic rings. The van der Waals surface area contributed by atoms with E-state index in [1.54, 1.807) is 0 Å². The van der Waals surface area contributed by atoms with E-state index in [4.69, 9.17) is 16.3 Å². The Bertz CT molecular complexity index is 939. The summed E-state index contributed by atoms with van der Waals surface area (Å²) >= 11 is 6.12. The lowest BCUT2D eigenvalue weighted by atomic mass is 9.64. The highest BCUT2D eigenvalue weighted by molar-refractivity contribution is 6.30. The summed E-state index contributed by atoms with van der Waals surface area (Å²) in [5, 5.41) is 3.78. The number of rotatable bonds is 6. The third-order valence-electron chi connectivity index (χ3n) is 7.36. The van der Waals surface area contributed by atoms with E-state index >= 15 is 0 Å². The van der Waals surface area contributed by atoms with Crippen molar-refractivity contribution >= 4 is 23.2 Å². The number of aryl methyl sites for hydroxylation is 1. The Hall–Kier alpha value is -2.04. The molecule has 5 rings (SSSR count). The fourth-order valence-electron chi connectivity index (χ4n) is 5.46. The molecule has 3 aliphatic rings. The quantitative estimate of drug-likeness (QED) is 0.653. The van der Waals surface area contributed by atoms with Gasteiger partial charge in [0, 0.05) is 47.6 Å². The lowest BCUT2D eigenvalue weighted by Crippen LogP contribution is -2.49. The Labute approximate surface area is 189 Å². The smallest absolute Gasteiger partial charge is 0.224 e. The molecule has 0 bridgehead atoms. The van der Waals surface area contributed by atoms with E-state index in [9.17, 15) is 4.79 Å². The summed E-state index contributed by atoms with van der Waals surface area (Å²) in [7, 11) is 0. The Kier molecular flexibility index (Phi) is 5.94. The molecule has 1 saturated carbocycles. The molecule has 1 amide bonds. The van der Waals surface area contributed by atoms with Crippen molar-refractivity contribution in [3.63, 3.8) is 0 Å². The van der Waals surface area contributed by atoms with Crippen molar-refractivity contribution in [1.82, 2.24) is 4.90 Å². The largest absolute Gasteiger partial charge is 0.493 e. The van der Waals surface area contributed by atoms with Crippen LogP contribution in [0.3, 0.4) is 0 Å². The first-order chi connectivity index (χ1) is 15.1. The van der Waals surface area contributed by atoms with Crippen molar-refractivity contribution < 1.29 is 9.53 Å². The molecule has 1 atom stereocenters. The predicted molar refractivity (Wildman–Crippen MR) is 125 cm³/mol. The molecule has 31 heavy (non-hydrogen) atoms. The molecule has 2 heterocycles. The highest BCUT2D eigenvalue weighted by Crippen LogP contribution is 2.45. The average Bonchev–Trinajstić information content (AvgIpc) is 2.75. The number of halogens is 1. The van der Waals surface area contributed by atoms with Gasteiger partial charge in [-0.25, -0.2) is 0 Å². The molecule has 2 fully saturated rings. The van der Waals surface area contributed by atoms with Crippen LogP contribution in [0.1, 0.15) is 49.7 Å². The lowest BCUT2D eigenvalue weighted by Gasteiger charge is -2.47. The number of ether oxygens (including phenoxy) is 1. The number of piperidine rings is 1. The maximum absolute atomic E-state index is 11.7. The van der Waals surface area contributed by atoms with E-state index in [0.29, 0.717) is 17.8 Å². The normalized spacial score (nSPS) is 22.9. The van der Waals surface area contributed by atoms with Gasteiger partial charge in [0.25, 0.3) is 0 Å². The number of nitrogens with zero attached hydrogens (tertiary/aromatic N) is 1. The summed E-state index contributed by atoms with van der Waals surface area (Å²) < 4.78 is 6.17. The molecule has 2 aromatic carbocycles. The summed E-state index contributed by atoms with van der Waals surface area (Å²) in [6.07, 6.45) is 7.69. The number of likely N-dealkylation sites (tertiary alicyclic amines) is 1. The Morgan fingerprint density at radius 3 is 2.71 bits per heavy atom. The molecular weight excluding hydrogens is 408 g/mol. The molecule has 2 aliphatic heterocycles. The van der Waals surface area contributed by atoms with Gasteiger partial charge in [-0.05, 0) is 68.0 Å². The van der Waals surface area contributed by atoms with Crippen molar-refractivity contribution in [2.45, 2.75) is 50.4 Å². The maximum Gasteiger partial charge on any atom is 0.224 e. The minimum Gasteiger partial charge on any atom is -0.493 e. The van der Waals surface area contributed by atoms with Gasteiger partial charge in [0.2, 0.25) is 5.91 Å². The fourth-order valence-corrected chi connectivity index (χ4v) is 5.58. The van der Waals surface area contributed by atoms with Crippen molar-refractivity contribution in [3.8, 4) is 5.75 Å². The standard InChI is InChI=1S/C26H31ClN2O2/c27-22-8-6-21(7-9-22)26(12-2-13-26)18-29-14-1-3-19(16-29)17-31-23-10-4-20-5-11-25(30)28-24(20)15-23/h4,6-10,15,19H,1-3,5,11-14,16-18H2,(H,28,30). The van der Waals surface area contributed by atoms with E-state index in [0.717, 1.165) is 42.6 Å². The second kappa shape index (κ2) is 8.84. The second-order valence-corrected chi connectivity index (χ2v) is 10.00. The van der Waals surface area contributed by atoms with Gasteiger partial charge in [0.05, 0.1) is 6.61 Å². The third-order valence-corrected chi connectivity index (χ3v) is 7.61. The Balaban J connectivity index is 1.19. The van der Waals surface area contributed by atoms with Crippen LogP contribution in [-0.4, -0.2) is 37.0 Å². The van der Waals surface area contributed by atoms with Gasteiger partial charge in [-0.3, -0.25) is 4.79 Å². The summed E-state index contributed by atoms with van der Waals surface area (Å²) in [5.41, 5.74) is 3.85. The number of hydrogen-bond donors (Lipinski definition) is 1. The van der Waals surface area contributed by atoms with E-state index < -0.39 is 0 Å². The van der Waals surface area contributed by atoms with Crippen molar-refractivity contribution in [3.05, 3.63) is 58.6 Å². The zero-order chi connectivity index (χ0) is 21.3. The van der Waals surface area contributed by atoms with Crippen LogP contribution in [0.25, 0.3) is 0 Å². The molecule has 1 aliphatic carbocycles. The molecule has 0 spiro atoms. The summed E-state index contributed by atoms with van der Waals surface area (Å²) in [6.45, 7) is 4.14. The van der Waals surface area contributed by atoms with Crippen LogP contribution in [-0.2, 0) is 16.6 Å². The first-order valence-electron chi connectivity index (χ1n) is 11.6. The number of anilines is 1. The van der Waals surface area contributed by atoms with Crippen LogP contribution >= 0.6 is 11.6 Å². The number of hydrogen-bond acceptors (Lipinski definition) is 3. The van der Waals surface area contributed by atoms with Gasteiger partial charge in [0.1, 0.15) is 5.75 Å². The van der Waals surface area contributed by atoms with Crippen molar-refractivity contribution in [2.75, 3.05) is 31.6 Å². The molecule has 1 N–H and O–H groups in total. The summed E-state index contributed by atoms with van der Waals surface area (Å²) in [5.74, 6) is 1.50. The van der Waals surface area contributed by atoms with Crippen LogP contribution in [0.2, 0.25) is 5.02 Å². The zero-order valence-electron chi connectivity index (χ0n) is 18.0. The zero-order valence-corrected chi connectivity index (χ0v) is 18.8. The molecule has 164 valence electrons. The fraction of sp³-hybridized carbons (Fsp3) is 0.500. The highest BCUT2D eigenvalue weighted by Gasteiger charge is 2.40. The molecule has 4 nitrogen and oxygen atoms in total. The van der Waals surface area contributed by atoms with Gasteiger partial charge >= 0.3 is 0 Å². The molecule has 0 radical (unpaired) electrons. The maximum atomic E-state index is 11.7. The highest BCUT2D eigenvalue weighted by atomic mass is 35.5. The topological polar surface area (TPSA) is 41.6 Å². The van der Waals surface area contributed by atoms with Gasteiger partial charge in [0.15, 0.2) is 0 Å². The van der Waals surface area contributed by atoms with Crippen LogP contribution < -0.4 is 10.1 Å². The molecule has 1 unspecified atom stereocenters. The molecule has 0 aromatic heterocycles. The predicted octanol–water partition coefficient (Wildman–Crippen LogP) is 5.44. The first kappa shape index (κ1) is 20.8. The molecule has 5 heteroatoms. The number of benzene rings is 2. The van der Waals surface area contributed by atoms with Crippen LogP contribution in [0.4, 0.5) is 5.69 Å². The van der Waals surface area contributed by atoms with E-state index in [-0.39, 0.29) is 5.91 Å². The van der Waals surface area contributed by atoms with Gasteiger partial charge in [-0.15, -0.1) is 0 Å². The average molecular weight is 439 g/mol. The molecule has 1 saturated heterocycles. The van der Waals surface area contributed by atoms with Crippen LogP contribution in [0, 0.1) is 5.92 Å². The van der Waals surface area contributed by atoms with Crippen LogP contribution in [0.5, 0.6) is 5.75 Å². The number of carbonyl (C=O) groups is 1. The Morgan fingerprint density at radius 2 is 1.94 bits per heavy atom. The van der Waals surface area contributed by atoms with Crippen LogP contribution in [0.15, 0.2) is 42.5 Å². The third kappa shape index (κ3) is 4.61. The second-order valence-electron chi connectivity index (χ2n) is 9.56. The monoisotopic (exact) mass is 438 g/mol. The first-order valence-corrected chi connectivity index (χ1v) is 12.0. The number of fused-ring (bicyclic) bond motifs is 1.